The third-order valence-electron chi connectivity index (χ3n) is 2.32. The third-order valence-corrected chi connectivity index (χ3v) is 3.46. The lowest BCUT2D eigenvalue weighted by atomic mass is 10.2. The van der Waals surface area contributed by atoms with Crippen LogP contribution in [0.25, 0.3) is 0 Å². The molecule has 0 aliphatic heterocycles. The molecule has 0 spiro atoms. The smallest absolute Gasteiger partial charge is 0.339 e. The van der Waals surface area contributed by atoms with Crippen LogP contribution in [0, 0.1) is 0 Å². The number of carbonyl (C=O) groups is 1. The summed E-state index contributed by atoms with van der Waals surface area (Å²) in [6.45, 7) is 0. The van der Waals surface area contributed by atoms with Crippen LogP contribution in [-0.2, 0) is 0 Å². The third kappa shape index (κ3) is 3.45. The molecule has 0 atom stereocenters. The Morgan fingerprint density at radius 3 is 2.58 bits per heavy atom. The molecule has 0 amide bonds. The van der Waals surface area contributed by atoms with Gasteiger partial charge in [0.05, 0.1) is 0 Å². The van der Waals surface area contributed by atoms with Gasteiger partial charge in [-0.1, -0.05) is 15.9 Å². The number of carboxylic acids is 1. The molecular formula is C12H10BrN3O2S. The molecule has 0 aliphatic carbocycles. The van der Waals surface area contributed by atoms with Gasteiger partial charge in [0.25, 0.3) is 0 Å². The average molecular weight is 340 g/mol. The van der Waals surface area contributed by atoms with Gasteiger partial charge in [-0.25, -0.2) is 4.79 Å². The van der Waals surface area contributed by atoms with Crippen molar-refractivity contribution in [2.75, 3.05) is 11.6 Å². The molecule has 5 nitrogen and oxygen atoms in total. The number of hydrogen-bond acceptors (Lipinski definition) is 5. The number of aromatic carboxylic acids is 1. The summed E-state index contributed by atoms with van der Waals surface area (Å²) in [6, 6.07) is 8.85. The molecule has 1 aromatic carbocycles. The average Bonchev–Trinajstić information content (AvgIpc) is 2.41. The predicted molar refractivity (Wildman–Crippen MR) is 78.2 cm³/mol. The molecule has 0 saturated carbocycles. The number of benzene rings is 1. The maximum Gasteiger partial charge on any atom is 0.339 e. The highest BCUT2D eigenvalue weighted by atomic mass is 79.9. The lowest BCUT2D eigenvalue weighted by Crippen LogP contribution is -2.06. The number of rotatable bonds is 4. The number of anilines is 2. The van der Waals surface area contributed by atoms with Gasteiger partial charge in [0.1, 0.15) is 10.6 Å². The Morgan fingerprint density at radius 2 is 2.00 bits per heavy atom. The van der Waals surface area contributed by atoms with Gasteiger partial charge < -0.3 is 10.4 Å². The first-order valence-corrected chi connectivity index (χ1v) is 7.29. The molecule has 1 aromatic heterocycles. The molecule has 0 aliphatic rings. The van der Waals surface area contributed by atoms with Crippen molar-refractivity contribution in [3.8, 4) is 0 Å². The summed E-state index contributed by atoms with van der Waals surface area (Å²) in [5.74, 6) is -0.808. The number of nitrogens with zero attached hydrogens (tertiary/aromatic N) is 2. The summed E-state index contributed by atoms with van der Waals surface area (Å²) < 4.78 is 0.945. The standard InChI is InChI=1S/C12H10BrN3O2S/c1-19-10-6-9(12(17)18)11(16-15-10)14-8-4-2-7(13)3-5-8/h2-6H,1H3,(H,14,16)(H,17,18). The van der Waals surface area contributed by atoms with Crippen LogP contribution in [0.4, 0.5) is 11.5 Å². The highest BCUT2D eigenvalue weighted by molar-refractivity contribution is 9.10. The molecule has 0 fully saturated rings. The first kappa shape index (κ1) is 13.8. The second-order valence-corrected chi connectivity index (χ2v) is 5.33. The van der Waals surface area contributed by atoms with Crippen LogP contribution in [-0.4, -0.2) is 27.5 Å². The van der Waals surface area contributed by atoms with Crippen molar-refractivity contribution < 1.29 is 9.90 Å². The monoisotopic (exact) mass is 339 g/mol. The second kappa shape index (κ2) is 6.03. The zero-order valence-electron chi connectivity index (χ0n) is 9.92. The van der Waals surface area contributed by atoms with Crippen LogP contribution in [0.1, 0.15) is 10.4 Å². The van der Waals surface area contributed by atoms with Gasteiger partial charge in [-0.15, -0.1) is 22.0 Å². The van der Waals surface area contributed by atoms with Crippen LogP contribution >= 0.6 is 27.7 Å². The highest BCUT2D eigenvalue weighted by Gasteiger charge is 2.13. The van der Waals surface area contributed by atoms with Crippen LogP contribution < -0.4 is 5.32 Å². The van der Waals surface area contributed by atoms with Gasteiger partial charge in [-0.05, 0) is 36.6 Å². The van der Waals surface area contributed by atoms with E-state index in [0.29, 0.717) is 5.03 Å². The van der Waals surface area contributed by atoms with Crippen molar-refractivity contribution in [2.24, 2.45) is 0 Å². The Kier molecular flexibility index (Phi) is 4.39. The van der Waals surface area contributed by atoms with Crippen molar-refractivity contribution in [1.82, 2.24) is 10.2 Å². The Bertz CT molecular complexity index is 604. The van der Waals surface area contributed by atoms with Gasteiger partial charge >= 0.3 is 5.97 Å². The summed E-state index contributed by atoms with van der Waals surface area (Å²) in [7, 11) is 0. The van der Waals surface area contributed by atoms with E-state index in [1.165, 1.54) is 17.8 Å². The molecule has 0 saturated heterocycles. The normalized spacial score (nSPS) is 10.2. The molecule has 0 bridgehead atoms. The van der Waals surface area contributed by atoms with E-state index >= 15 is 0 Å². The predicted octanol–water partition coefficient (Wildman–Crippen LogP) is 3.40. The second-order valence-electron chi connectivity index (χ2n) is 3.59. The minimum atomic E-state index is -1.04. The molecule has 7 heteroatoms. The minimum absolute atomic E-state index is 0.0993. The van der Waals surface area contributed by atoms with Crippen molar-refractivity contribution >= 4 is 45.2 Å². The molecule has 19 heavy (non-hydrogen) atoms. The fraction of sp³-hybridized carbons (Fsp3) is 0.0833. The van der Waals surface area contributed by atoms with Gasteiger partial charge in [0.2, 0.25) is 0 Å². The Labute approximate surface area is 122 Å². The highest BCUT2D eigenvalue weighted by Crippen LogP contribution is 2.22. The zero-order chi connectivity index (χ0) is 13.8. The van der Waals surface area contributed by atoms with Crippen LogP contribution in [0.15, 0.2) is 39.8 Å². The lowest BCUT2D eigenvalue weighted by Gasteiger charge is -2.08. The van der Waals surface area contributed by atoms with Crippen LogP contribution in [0.2, 0.25) is 0 Å². The van der Waals surface area contributed by atoms with E-state index in [2.05, 4.69) is 31.4 Å². The summed E-state index contributed by atoms with van der Waals surface area (Å²) in [5, 5.41) is 20.5. The molecule has 0 unspecified atom stereocenters. The topological polar surface area (TPSA) is 75.1 Å². The number of halogens is 1. The van der Waals surface area contributed by atoms with E-state index in [9.17, 15) is 9.90 Å². The van der Waals surface area contributed by atoms with E-state index in [4.69, 9.17) is 0 Å². The minimum Gasteiger partial charge on any atom is -0.478 e. The van der Waals surface area contributed by atoms with Gasteiger partial charge in [-0.2, -0.15) is 0 Å². The number of aromatic nitrogens is 2. The molecule has 2 aromatic rings. The van der Waals surface area contributed by atoms with Gasteiger partial charge in [0, 0.05) is 10.2 Å². The number of hydrogen-bond donors (Lipinski definition) is 2. The molecule has 2 N–H and O–H groups in total. The largest absolute Gasteiger partial charge is 0.478 e. The summed E-state index contributed by atoms with van der Waals surface area (Å²) in [6.07, 6.45) is 1.82. The molecule has 1 heterocycles. The summed E-state index contributed by atoms with van der Waals surface area (Å²) in [5.41, 5.74) is 0.846. The molecular weight excluding hydrogens is 330 g/mol. The SMILES string of the molecule is CSc1cc(C(=O)O)c(Nc2ccc(Br)cc2)nn1. The first-order valence-electron chi connectivity index (χ1n) is 5.28. The zero-order valence-corrected chi connectivity index (χ0v) is 12.3. The Balaban J connectivity index is 2.33. The van der Waals surface area contributed by atoms with E-state index in [0.717, 1.165) is 10.2 Å². The maximum absolute atomic E-state index is 11.2. The van der Waals surface area contributed by atoms with E-state index < -0.39 is 5.97 Å². The van der Waals surface area contributed by atoms with Crippen LogP contribution in [0.3, 0.4) is 0 Å². The van der Waals surface area contributed by atoms with Gasteiger partial charge in [0.15, 0.2) is 5.82 Å². The summed E-state index contributed by atoms with van der Waals surface area (Å²) >= 11 is 4.68. The van der Waals surface area contributed by atoms with E-state index in [1.54, 1.807) is 0 Å². The van der Waals surface area contributed by atoms with Crippen molar-refractivity contribution in [1.29, 1.82) is 0 Å². The van der Waals surface area contributed by atoms with E-state index in [-0.39, 0.29) is 11.4 Å². The summed E-state index contributed by atoms with van der Waals surface area (Å²) in [4.78, 5) is 11.2. The maximum atomic E-state index is 11.2. The molecule has 2 rings (SSSR count). The lowest BCUT2D eigenvalue weighted by molar-refractivity contribution is 0.0697. The van der Waals surface area contributed by atoms with Crippen molar-refractivity contribution in [3.05, 3.63) is 40.4 Å². The number of thioether (sulfide) groups is 1. The quantitative estimate of drug-likeness (QED) is 0.831. The Morgan fingerprint density at radius 1 is 1.32 bits per heavy atom. The van der Waals surface area contributed by atoms with Crippen molar-refractivity contribution in [2.45, 2.75) is 5.03 Å². The number of nitrogens with one attached hydrogen (secondary N) is 1. The molecule has 0 radical (unpaired) electrons. The fourth-order valence-corrected chi connectivity index (χ4v) is 2.02. The van der Waals surface area contributed by atoms with E-state index in [1.807, 2.05) is 30.5 Å². The Hall–Kier alpha value is -1.60. The van der Waals surface area contributed by atoms with Crippen molar-refractivity contribution in [3.63, 3.8) is 0 Å². The number of carboxylic acid groups (broad SMARTS) is 1. The van der Waals surface area contributed by atoms with Crippen LogP contribution in [0.5, 0.6) is 0 Å². The fourth-order valence-electron chi connectivity index (χ4n) is 1.40. The first-order chi connectivity index (χ1) is 9.10. The van der Waals surface area contributed by atoms with Gasteiger partial charge in [-0.3, -0.25) is 0 Å². The molecule has 98 valence electrons.